The van der Waals surface area contributed by atoms with Gasteiger partial charge in [-0.25, -0.2) is 4.99 Å². The van der Waals surface area contributed by atoms with Crippen molar-refractivity contribution in [3.05, 3.63) is 0 Å². The van der Waals surface area contributed by atoms with Crippen LogP contribution in [0.2, 0.25) is 0 Å². The predicted molar refractivity (Wildman–Crippen MR) is 80.9 cm³/mol. The van der Waals surface area contributed by atoms with Gasteiger partial charge in [0, 0.05) is 26.2 Å². The molecule has 1 rings (SSSR count). The number of hydrogen-bond donors (Lipinski definition) is 3. The molecule has 1 fully saturated rings. The molecule has 1 saturated heterocycles. The number of guanidine groups is 1. The molecule has 6 heteroatoms. The van der Waals surface area contributed by atoms with E-state index < -0.39 is 0 Å². The van der Waals surface area contributed by atoms with Gasteiger partial charge in [-0.05, 0) is 33.1 Å². The molecular formula is C14H28N4O2. The third kappa shape index (κ3) is 6.23. The van der Waals surface area contributed by atoms with Crippen molar-refractivity contribution in [2.75, 3.05) is 32.8 Å². The van der Waals surface area contributed by atoms with Crippen molar-refractivity contribution in [3.63, 3.8) is 0 Å². The highest BCUT2D eigenvalue weighted by atomic mass is 16.5. The Hall–Kier alpha value is -1.30. The van der Waals surface area contributed by atoms with E-state index in [1.165, 1.54) is 0 Å². The lowest BCUT2D eigenvalue weighted by atomic mass is 10.0. The maximum atomic E-state index is 11.5. The van der Waals surface area contributed by atoms with Crippen LogP contribution in [0.25, 0.3) is 0 Å². The van der Waals surface area contributed by atoms with Gasteiger partial charge in [0.05, 0.1) is 5.60 Å². The van der Waals surface area contributed by atoms with Gasteiger partial charge in [-0.1, -0.05) is 6.92 Å². The van der Waals surface area contributed by atoms with Crippen molar-refractivity contribution in [2.45, 2.75) is 45.6 Å². The molecule has 3 N–H and O–H groups in total. The monoisotopic (exact) mass is 284 g/mol. The van der Waals surface area contributed by atoms with E-state index in [-0.39, 0.29) is 18.1 Å². The molecule has 0 bridgehead atoms. The zero-order valence-corrected chi connectivity index (χ0v) is 12.9. The van der Waals surface area contributed by atoms with E-state index in [9.17, 15) is 4.79 Å². The van der Waals surface area contributed by atoms with Crippen molar-refractivity contribution in [1.82, 2.24) is 16.0 Å². The number of rotatable bonds is 7. The number of nitrogens with one attached hydrogen (secondary N) is 3. The fourth-order valence-electron chi connectivity index (χ4n) is 2.06. The van der Waals surface area contributed by atoms with Crippen LogP contribution in [0.15, 0.2) is 4.99 Å². The summed E-state index contributed by atoms with van der Waals surface area (Å²) in [6.45, 7) is 9.27. The molecule has 1 unspecified atom stereocenters. The quantitative estimate of drug-likeness (QED) is 0.474. The van der Waals surface area contributed by atoms with E-state index >= 15 is 0 Å². The molecule has 1 aliphatic rings. The summed E-state index contributed by atoms with van der Waals surface area (Å²) in [7, 11) is 0. The average molecular weight is 284 g/mol. The molecule has 6 nitrogen and oxygen atoms in total. The Balaban J connectivity index is 2.40. The Labute approximate surface area is 121 Å². The van der Waals surface area contributed by atoms with Crippen LogP contribution < -0.4 is 16.0 Å². The summed E-state index contributed by atoms with van der Waals surface area (Å²) in [5, 5.41) is 9.20. The average Bonchev–Trinajstić information content (AvgIpc) is 2.87. The van der Waals surface area contributed by atoms with Gasteiger partial charge in [0.2, 0.25) is 5.91 Å². The highest BCUT2D eigenvalue weighted by Gasteiger charge is 2.29. The first-order chi connectivity index (χ1) is 9.59. The maximum Gasteiger partial charge on any atom is 0.241 e. The molecule has 0 saturated carbocycles. The van der Waals surface area contributed by atoms with Crippen LogP contribution in [0.4, 0.5) is 0 Å². The first kappa shape index (κ1) is 16.8. The number of aliphatic imine (C=N–C) groups is 1. The fourth-order valence-corrected chi connectivity index (χ4v) is 2.06. The normalized spacial score (nSPS) is 22.6. The van der Waals surface area contributed by atoms with Crippen molar-refractivity contribution in [1.29, 1.82) is 0 Å². The molecule has 0 aromatic heterocycles. The second-order valence-corrected chi connectivity index (χ2v) is 5.30. The van der Waals surface area contributed by atoms with E-state index in [4.69, 9.17) is 4.74 Å². The lowest BCUT2D eigenvalue weighted by Crippen LogP contribution is -2.46. The lowest BCUT2D eigenvalue weighted by Gasteiger charge is -2.24. The van der Waals surface area contributed by atoms with E-state index in [0.29, 0.717) is 19.0 Å². The molecule has 20 heavy (non-hydrogen) atoms. The zero-order chi connectivity index (χ0) is 14.8. The molecule has 0 radical (unpaired) electrons. The highest BCUT2D eigenvalue weighted by Crippen LogP contribution is 2.23. The SMILES string of the molecule is CCCNC(=O)CN=C(NCC)NCC1(C)CCCO1. The van der Waals surface area contributed by atoms with Crippen LogP contribution in [-0.2, 0) is 9.53 Å². The minimum atomic E-state index is -0.124. The topological polar surface area (TPSA) is 74.8 Å². The molecule has 0 aliphatic carbocycles. The van der Waals surface area contributed by atoms with Gasteiger partial charge >= 0.3 is 0 Å². The van der Waals surface area contributed by atoms with Crippen LogP contribution >= 0.6 is 0 Å². The van der Waals surface area contributed by atoms with Crippen molar-refractivity contribution in [3.8, 4) is 0 Å². The summed E-state index contributed by atoms with van der Waals surface area (Å²) in [5.74, 6) is 0.614. The number of ether oxygens (including phenoxy) is 1. The first-order valence-electron chi connectivity index (χ1n) is 7.52. The maximum absolute atomic E-state index is 11.5. The molecule has 1 heterocycles. The fraction of sp³-hybridized carbons (Fsp3) is 0.857. The van der Waals surface area contributed by atoms with Gasteiger partial charge in [-0.15, -0.1) is 0 Å². The minimum absolute atomic E-state index is 0.0487. The van der Waals surface area contributed by atoms with Crippen LogP contribution in [0.5, 0.6) is 0 Å². The summed E-state index contributed by atoms with van der Waals surface area (Å²) >= 11 is 0. The summed E-state index contributed by atoms with van der Waals surface area (Å²) in [6.07, 6.45) is 3.09. The van der Waals surface area contributed by atoms with Gasteiger partial charge < -0.3 is 20.7 Å². The van der Waals surface area contributed by atoms with Gasteiger partial charge in [-0.2, -0.15) is 0 Å². The smallest absolute Gasteiger partial charge is 0.241 e. The van der Waals surface area contributed by atoms with E-state index in [2.05, 4.69) is 27.9 Å². The number of carbonyl (C=O) groups excluding carboxylic acids is 1. The number of carbonyl (C=O) groups is 1. The standard InChI is InChI=1S/C14H28N4O2/c1-4-8-16-12(19)10-17-13(15-5-2)18-11-14(3)7-6-9-20-14/h4-11H2,1-3H3,(H,16,19)(H2,15,17,18). The van der Waals surface area contributed by atoms with Crippen LogP contribution in [0, 0.1) is 0 Å². The van der Waals surface area contributed by atoms with Gasteiger partial charge in [0.25, 0.3) is 0 Å². The predicted octanol–water partition coefficient (Wildman–Crippen LogP) is 0.637. The van der Waals surface area contributed by atoms with Crippen molar-refractivity contribution < 1.29 is 9.53 Å². The second kappa shape index (κ2) is 8.79. The van der Waals surface area contributed by atoms with Gasteiger partial charge in [-0.3, -0.25) is 4.79 Å². The van der Waals surface area contributed by atoms with E-state index in [1.54, 1.807) is 0 Å². The summed E-state index contributed by atoms with van der Waals surface area (Å²) < 4.78 is 5.72. The van der Waals surface area contributed by atoms with E-state index in [1.807, 2.05) is 13.8 Å². The Morgan fingerprint density at radius 1 is 1.30 bits per heavy atom. The first-order valence-corrected chi connectivity index (χ1v) is 7.52. The van der Waals surface area contributed by atoms with Crippen LogP contribution in [0.1, 0.15) is 40.0 Å². The Morgan fingerprint density at radius 3 is 2.70 bits per heavy atom. The second-order valence-electron chi connectivity index (χ2n) is 5.30. The zero-order valence-electron chi connectivity index (χ0n) is 12.9. The Bertz CT molecular complexity index is 325. The molecular weight excluding hydrogens is 256 g/mol. The molecule has 1 aliphatic heterocycles. The molecule has 1 atom stereocenters. The Morgan fingerprint density at radius 2 is 2.10 bits per heavy atom. The molecule has 1 amide bonds. The van der Waals surface area contributed by atoms with Crippen LogP contribution in [0.3, 0.4) is 0 Å². The van der Waals surface area contributed by atoms with Crippen molar-refractivity contribution >= 4 is 11.9 Å². The number of nitrogens with zero attached hydrogens (tertiary/aromatic N) is 1. The number of hydrogen-bond acceptors (Lipinski definition) is 3. The summed E-state index contributed by atoms with van der Waals surface area (Å²) in [5.41, 5.74) is -0.124. The van der Waals surface area contributed by atoms with E-state index in [0.717, 1.165) is 32.4 Å². The highest BCUT2D eigenvalue weighted by molar-refractivity contribution is 5.84. The molecule has 0 spiro atoms. The van der Waals surface area contributed by atoms with Crippen molar-refractivity contribution in [2.24, 2.45) is 4.99 Å². The third-order valence-corrected chi connectivity index (χ3v) is 3.23. The number of amides is 1. The lowest BCUT2D eigenvalue weighted by molar-refractivity contribution is -0.119. The van der Waals surface area contributed by atoms with Gasteiger partial charge in [0.1, 0.15) is 6.54 Å². The minimum Gasteiger partial charge on any atom is -0.373 e. The largest absolute Gasteiger partial charge is 0.373 e. The third-order valence-electron chi connectivity index (χ3n) is 3.23. The summed E-state index contributed by atoms with van der Waals surface area (Å²) in [6, 6.07) is 0. The molecule has 0 aromatic rings. The van der Waals surface area contributed by atoms with Gasteiger partial charge in [0.15, 0.2) is 5.96 Å². The molecule has 116 valence electrons. The Kier molecular flexibility index (Phi) is 7.36. The molecule has 0 aromatic carbocycles. The summed E-state index contributed by atoms with van der Waals surface area (Å²) in [4.78, 5) is 15.8. The van der Waals surface area contributed by atoms with Crippen LogP contribution in [-0.4, -0.2) is 50.3 Å².